The van der Waals surface area contributed by atoms with Gasteiger partial charge in [-0.05, 0) is 49.6 Å². The molecule has 1 atom stereocenters. The summed E-state index contributed by atoms with van der Waals surface area (Å²) in [4.78, 5) is 11.0. The molecule has 0 bridgehead atoms. The average molecular weight is 559 g/mol. The zero-order valence-corrected chi connectivity index (χ0v) is 22.9. The topological polar surface area (TPSA) is 118 Å². The molecule has 5 rings (SSSR count). The van der Waals surface area contributed by atoms with Crippen LogP contribution in [0.5, 0.6) is 5.75 Å². The van der Waals surface area contributed by atoms with Crippen LogP contribution in [0.25, 0.3) is 11.3 Å². The van der Waals surface area contributed by atoms with Crippen LogP contribution in [0.1, 0.15) is 37.4 Å². The number of nitriles is 1. The van der Waals surface area contributed by atoms with Crippen molar-refractivity contribution < 1.29 is 13.9 Å². The fourth-order valence-electron chi connectivity index (χ4n) is 5.17. The molecule has 9 nitrogen and oxygen atoms in total. The van der Waals surface area contributed by atoms with Gasteiger partial charge in [-0.1, -0.05) is 18.1 Å². The second kappa shape index (κ2) is 11.9. The quantitative estimate of drug-likeness (QED) is 0.460. The van der Waals surface area contributed by atoms with E-state index in [1.807, 2.05) is 23.1 Å². The van der Waals surface area contributed by atoms with E-state index >= 15 is 0 Å². The number of aromatic nitrogens is 3. The molecule has 2 aromatic heterocycles. The van der Waals surface area contributed by atoms with Gasteiger partial charge in [0, 0.05) is 57.2 Å². The van der Waals surface area contributed by atoms with Crippen molar-refractivity contribution in [1.29, 1.82) is 5.26 Å². The molecule has 0 radical (unpaired) electrons. The van der Waals surface area contributed by atoms with Crippen LogP contribution in [0.3, 0.4) is 0 Å². The minimum Gasteiger partial charge on any atom is -0.507 e. The first-order valence-corrected chi connectivity index (χ1v) is 13.7. The summed E-state index contributed by atoms with van der Waals surface area (Å²) in [6.07, 6.45) is 0.496. The van der Waals surface area contributed by atoms with Gasteiger partial charge in [0.25, 0.3) is 5.92 Å². The van der Waals surface area contributed by atoms with Gasteiger partial charge in [-0.2, -0.15) is 5.26 Å². The van der Waals surface area contributed by atoms with E-state index in [0.717, 1.165) is 24.5 Å². The van der Waals surface area contributed by atoms with E-state index in [0.29, 0.717) is 61.1 Å². The summed E-state index contributed by atoms with van der Waals surface area (Å²) in [6.45, 7) is 5.09. The van der Waals surface area contributed by atoms with E-state index in [9.17, 15) is 19.1 Å². The molecule has 0 spiro atoms. The van der Waals surface area contributed by atoms with Crippen molar-refractivity contribution >= 4 is 17.3 Å². The van der Waals surface area contributed by atoms with Crippen molar-refractivity contribution in [3.05, 3.63) is 53.7 Å². The summed E-state index contributed by atoms with van der Waals surface area (Å²) in [6, 6.07) is 14.7. The second-order valence-corrected chi connectivity index (χ2v) is 10.4. The number of benzene rings is 1. The lowest BCUT2D eigenvalue weighted by Crippen LogP contribution is -2.39. The third-order valence-corrected chi connectivity index (χ3v) is 7.67. The van der Waals surface area contributed by atoms with Crippen LogP contribution < -0.4 is 15.5 Å². The van der Waals surface area contributed by atoms with Crippen LogP contribution >= 0.6 is 0 Å². The zero-order chi connectivity index (χ0) is 29.0. The molecule has 3 N–H and O–H groups in total. The van der Waals surface area contributed by atoms with E-state index in [4.69, 9.17) is 10.7 Å². The Balaban J connectivity index is 1.32. The summed E-state index contributed by atoms with van der Waals surface area (Å²) < 4.78 is 26.9. The molecule has 0 unspecified atom stereocenters. The Morgan fingerprint density at radius 1 is 1.07 bits per heavy atom. The number of phenolic OH excluding ortho intramolecular Hbond substituents is 1. The molecule has 4 heterocycles. The van der Waals surface area contributed by atoms with Crippen LogP contribution in [0.15, 0.2) is 42.5 Å². The predicted octanol–water partition coefficient (Wildman–Crippen LogP) is 3.89. The van der Waals surface area contributed by atoms with Gasteiger partial charge in [0.05, 0.1) is 23.5 Å². The van der Waals surface area contributed by atoms with Gasteiger partial charge >= 0.3 is 0 Å². The maximum atomic E-state index is 13.5. The molecule has 2 fully saturated rings. The van der Waals surface area contributed by atoms with Gasteiger partial charge in [-0.25, -0.2) is 13.8 Å². The Labute approximate surface area is 238 Å². The van der Waals surface area contributed by atoms with E-state index < -0.39 is 5.92 Å². The lowest BCUT2D eigenvalue weighted by molar-refractivity contribution is -0.0527. The number of alkyl halides is 2. The van der Waals surface area contributed by atoms with E-state index in [2.05, 4.69) is 44.8 Å². The first-order chi connectivity index (χ1) is 19.7. The third kappa shape index (κ3) is 6.47. The lowest BCUT2D eigenvalue weighted by atomic mass is 10.1. The first kappa shape index (κ1) is 28.1. The van der Waals surface area contributed by atoms with Crippen LogP contribution in [-0.4, -0.2) is 76.4 Å². The standard InChI is InChI=1S/C30H32F2N8O/c1-21-10-14-39(26-19-25(36-37-29(26)34)23-5-2-3-7-27(23)41)17-18-40(21)28-9-8-22(20-33)24(35-28)6-4-13-38-15-11-30(31,32)12-16-38/h2-3,5,7-9,19,21,41H,10-18H2,1H3,(H2,34,37)/t21-/m0/s1. The fraction of sp³-hybridized carbons (Fsp3) is 0.400. The van der Waals surface area contributed by atoms with Crippen molar-refractivity contribution in [2.75, 3.05) is 54.8 Å². The fourth-order valence-corrected chi connectivity index (χ4v) is 5.17. The van der Waals surface area contributed by atoms with Crippen molar-refractivity contribution in [3.63, 3.8) is 0 Å². The average Bonchev–Trinajstić information content (AvgIpc) is 3.16. The third-order valence-electron chi connectivity index (χ3n) is 7.67. The van der Waals surface area contributed by atoms with Gasteiger partial charge in [0.1, 0.15) is 23.3 Å². The van der Waals surface area contributed by atoms with Gasteiger partial charge in [0.2, 0.25) is 0 Å². The van der Waals surface area contributed by atoms with Crippen molar-refractivity contribution in [1.82, 2.24) is 20.1 Å². The molecular formula is C30H32F2N8O. The minimum absolute atomic E-state index is 0.122. The number of rotatable bonds is 4. The smallest absolute Gasteiger partial charge is 0.250 e. The SMILES string of the molecule is C[C@H]1CCN(c2cc(-c3ccccc3O)nnc2N)CCN1c1ccc(C#N)c(C#CCN2CCC(F)(F)CC2)n1. The molecule has 1 aromatic carbocycles. The second-order valence-electron chi connectivity index (χ2n) is 10.4. The molecule has 212 valence electrons. The van der Waals surface area contributed by atoms with Crippen molar-refractivity contribution in [2.45, 2.75) is 38.2 Å². The highest BCUT2D eigenvalue weighted by Crippen LogP contribution is 2.32. The molecule has 0 amide bonds. The maximum Gasteiger partial charge on any atom is 0.250 e. The van der Waals surface area contributed by atoms with Gasteiger partial charge in [-0.3, -0.25) is 4.90 Å². The lowest BCUT2D eigenvalue weighted by Gasteiger charge is -2.30. The summed E-state index contributed by atoms with van der Waals surface area (Å²) in [5, 5.41) is 28.3. The number of halogens is 2. The van der Waals surface area contributed by atoms with Gasteiger partial charge in [0.15, 0.2) is 5.82 Å². The number of likely N-dealkylation sites (tertiary alicyclic amines) is 1. The highest BCUT2D eigenvalue weighted by atomic mass is 19.3. The Hall–Kier alpha value is -4.48. The molecule has 2 saturated heterocycles. The van der Waals surface area contributed by atoms with E-state index in [1.54, 1.807) is 24.3 Å². The van der Waals surface area contributed by atoms with Crippen LogP contribution in [0.4, 0.5) is 26.1 Å². The number of hydrogen-bond donors (Lipinski definition) is 2. The van der Waals surface area contributed by atoms with Crippen LogP contribution in [-0.2, 0) is 0 Å². The van der Waals surface area contributed by atoms with Crippen LogP contribution in [0.2, 0.25) is 0 Å². The van der Waals surface area contributed by atoms with Gasteiger partial charge in [-0.15, -0.1) is 10.2 Å². The normalized spacial score (nSPS) is 19.1. The number of phenols is 1. The Morgan fingerprint density at radius 3 is 2.61 bits per heavy atom. The molecule has 41 heavy (non-hydrogen) atoms. The molecule has 0 aliphatic carbocycles. The summed E-state index contributed by atoms with van der Waals surface area (Å²) in [5.41, 5.74) is 8.88. The number of nitrogens with zero attached hydrogens (tertiary/aromatic N) is 7. The Morgan fingerprint density at radius 2 is 1.85 bits per heavy atom. The highest BCUT2D eigenvalue weighted by Gasteiger charge is 2.33. The maximum absolute atomic E-state index is 13.5. The number of para-hydroxylation sites is 1. The van der Waals surface area contributed by atoms with Crippen molar-refractivity contribution in [3.8, 4) is 34.9 Å². The van der Waals surface area contributed by atoms with Crippen molar-refractivity contribution in [2.24, 2.45) is 0 Å². The minimum atomic E-state index is -2.60. The summed E-state index contributed by atoms with van der Waals surface area (Å²) in [7, 11) is 0. The largest absolute Gasteiger partial charge is 0.507 e. The van der Waals surface area contributed by atoms with Gasteiger partial charge < -0.3 is 20.6 Å². The monoisotopic (exact) mass is 558 g/mol. The molecule has 2 aliphatic rings. The number of hydrogen-bond acceptors (Lipinski definition) is 9. The Kier molecular flexibility index (Phi) is 8.18. The number of aromatic hydroxyl groups is 1. The first-order valence-electron chi connectivity index (χ1n) is 13.7. The number of piperidine rings is 1. The molecule has 3 aromatic rings. The molecule has 11 heteroatoms. The molecule has 2 aliphatic heterocycles. The van der Waals surface area contributed by atoms with Crippen LogP contribution in [0, 0.1) is 23.2 Å². The summed E-state index contributed by atoms with van der Waals surface area (Å²) >= 11 is 0. The van der Waals surface area contributed by atoms with E-state index in [1.165, 1.54) is 0 Å². The number of nitrogen functional groups attached to an aromatic ring is 1. The molecule has 0 saturated carbocycles. The highest BCUT2D eigenvalue weighted by molar-refractivity contribution is 5.74. The summed E-state index contributed by atoms with van der Waals surface area (Å²) in [5.74, 6) is 4.60. The number of nitrogens with two attached hydrogens (primary N) is 1. The predicted molar refractivity (Wildman–Crippen MR) is 154 cm³/mol. The Bertz CT molecular complexity index is 1500. The number of pyridine rings is 1. The van der Waals surface area contributed by atoms with E-state index in [-0.39, 0.29) is 24.6 Å². The molecular weight excluding hydrogens is 526 g/mol. The zero-order valence-electron chi connectivity index (χ0n) is 22.9. The number of anilines is 3.